The van der Waals surface area contributed by atoms with E-state index in [1.54, 1.807) is 0 Å². The Balaban J connectivity index is 0.00000169. The lowest BCUT2D eigenvalue weighted by Gasteiger charge is -2.24. The maximum absolute atomic E-state index is 12.4. The minimum absolute atomic E-state index is 0. The third-order valence-electron chi connectivity index (χ3n) is 1.85. The zero-order valence-corrected chi connectivity index (χ0v) is 8.37. The van der Waals surface area contributed by atoms with Gasteiger partial charge >= 0.3 is 6.18 Å². The maximum Gasteiger partial charge on any atom is 0.401 e. The first kappa shape index (κ1) is 13.1. The molecule has 0 saturated carbocycles. The van der Waals surface area contributed by atoms with Crippen molar-refractivity contribution < 1.29 is 17.7 Å². The summed E-state index contributed by atoms with van der Waals surface area (Å²) in [5.41, 5.74) is 3.09. The number of rotatable bonds is 1. The van der Waals surface area contributed by atoms with Gasteiger partial charge in [0.15, 0.2) is 11.6 Å². The standard InChI is InChI=1S/C7H9F3N2O.ClH/c1-6(2,7(8,9)10)4-3-5(11)12-13-4;/h3H,1-2H3,(H2,11,12);1H. The quantitative estimate of drug-likeness (QED) is 0.807. The number of alkyl halides is 3. The molecule has 1 heterocycles. The van der Waals surface area contributed by atoms with E-state index in [-0.39, 0.29) is 24.0 Å². The van der Waals surface area contributed by atoms with Crippen LogP contribution in [0.2, 0.25) is 0 Å². The van der Waals surface area contributed by atoms with Gasteiger partial charge in [-0.2, -0.15) is 13.2 Å². The number of nitrogens with zero attached hydrogens (tertiary/aromatic N) is 1. The number of nitrogen functional groups attached to an aromatic ring is 1. The molecule has 0 bridgehead atoms. The second-order valence-electron chi connectivity index (χ2n) is 3.24. The van der Waals surface area contributed by atoms with Gasteiger partial charge in [0, 0.05) is 6.07 Å². The highest BCUT2D eigenvalue weighted by molar-refractivity contribution is 5.85. The van der Waals surface area contributed by atoms with E-state index in [0.717, 1.165) is 19.9 Å². The number of hydrogen-bond donors (Lipinski definition) is 1. The molecule has 3 nitrogen and oxygen atoms in total. The molecule has 0 aliphatic carbocycles. The topological polar surface area (TPSA) is 52.0 Å². The lowest BCUT2D eigenvalue weighted by Crippen LogP contribution is -2.35. The van der Waals surface area contributed by atoms with E-state index in [2.05, 4.69) is 9.68 Å². The van der Waals surface area contributed by atoms with Gasteiger partial charge in [0.1, 0.15) is 5.41 Å². The normalized spacial score (nSPS) is 12.4. The Kier molecular flexibility index (Phi) is 3.44. The van der Waals surface area contributed by atoms with E-state index < -0.39 is 11.6 Å². The smallest absolute Gasteiger partial charge is 0.381 e. The van der Waals surface area contributed by atoms with Crippen LogP contribution in [0.3, 0.4) is 0 Å². The van der Waals surface area contributed by atoms with Gasteiger partial charge in [0.05, 0.1) is 0 Å². The third-order valence-corrected chi connectivity index (χ3v) is 1.85. The number of anilines is 1. The molecule has 1 rings (SSSR count). The van der Waals surface area contributed by atoms with Crippen molar-refractivity contribution in [1.29, 1.82) is 0 Å². The molecule has 0 atom stereocenters. The van der Waals surface area contributed by atoms with E-state index in [4.69, 9.17) is 5.73 Å². The summed E-state index contributed by atoms with van der Waals surface area (Å²) >= 11 is 0. The summed E-state index contributed by atoms with van der Waals surface area (Å²) in [6.45, 7) is 2.01. The van der Waals surface area contributed by atoms with Crippen LogP contribution in [-0.2, 0) is 5.41 Å². The third kappa shape index (κ3) is 2.12. The fraction of sp³-hybridized carbons (Fsp3) is 0.571. The molecule has 1 aromatic rings. The molecule has 7 heteroatoms. The van der Waals surface area contributed by atoms with Crippen molar-refractivity contribution in [3.8, 4) is 0 Å². The summed E-state index contributed by atoms with van der Waals surface area (Å²) in [4.78, 5) is 0. The fourth-order valence-corrected chi connectivity index (χ4v) is 0.723. The minimum Gasteiger partial charge on any atom is -0.381 e. The average molecular weight is 231 g/mol. The van der Waals surface area contributed by atoms with Crippen molar-refractivity contribution in [3.63, 3.8) is 0 Å². The van der Waals surface area contributed by atoms with Gasteiger partial charge in [0.25, 0.3) is 0 Å². The Labute approximate surface area is 84.8 Å². The minimum atomic E-state index is -4.38. The van der Waals surface area contributed by atoms with Gasteiger partial charge in [-0.15, -0.1) is 12.4 Å². The predicted octanol–water partition coefficient (Wildman–Crippen LogP) is 2.52. The van der Waals surface area contributed by atoms with Crippen molar-refractivity contribution in [2.24, 2.45) is 0 Å². The second kappa shape index (κ2) is 3.68. The van der Waals surface area contributed by atoms with Crippen LogP contribution in [-0.4, -0.2) is 11.3 Å². The van der Waals surface area contributed by atoms with E-state index >= 15 is 0 Å². The van der Waals surface area contributed by atoms with Crippen LogP contribution in [0.1, 0.15) is 19.6 Å². The Morgan fingerprint density at radius 2 is 1.86 bits per heavy atom. The van der Waals surface area contributed by atoms with Crippen LogP contribution >= 0.6 is 12.4 Å². The van der Waals surface area contributed by atoms with E-state index in [1.807, 2.05) is 0 Å². The van der Waals surface area contributed by atoms with Crippen molar-refractivity contribution in [2.75, 3.05) is 5.73 Å². The molecule has 82 valence electrons. The Hall–Kier alpha value is -0.910. The zero-order valence-electron chi connectivity index (χ0n) is 7.55. The van der Waals surface area contributed by atoms with E-state index in [0.29, 0.717) is 0 Å². The van der Waals surface area contributed by atoms with Gasteiger partial charge in [-0.05, 0) is 13.8 Å². The Morgan fingerprint density at radius 3 is 2.14 bits per heavy atom. The molecule has 0 radical (unpaired) electrons. The molecule has 0 amide bonds. The molecule has 0 spiro atoms. The SMILES string of the molecule is CC(C)(c1cc(N)no1)C(F)(F)F.Cl. The van der Waals surface area contributed by atoms with Crippen molar-refractivity contribution >= 4 is 18.2 Å². The van der Waals surface area contributed by atoms with Gasteiger partial charge in [-0.3, -0.25) is 0 Å². The first-order chi connectivity index (χ1) is 5.75. The van der Waals surface area contributed by atoms with Crippen LogP contribution < -0.4 is 5.73 Å². The lowest BCUT2D eigenvalue weighted by atomic mass is 9.89. The fourth-order valence-electron chi connectivity index (χ4n) is 0.723. The molecule has 0 aromatic carbocycles. The van der Waals surface area contributed by atoms with Gasteiger partial charge in [-0.1, -0.05) is 5.16 Å². The molecule has 14 heavy (non-hydrogen) atoms. The van der Waals surface area contributed by atoms with Crippen LogP contribution in [0.15, 0.2) is 10.6 Å². The average Bonchev–Trinajstić information content (AvgIpc) is 2.33. The van der Waals surface area contributed by atoms with Crippen LogP contribution in [0.5, 0.6) is 0 Å². The molecule has 0 saturated heterocycles. The van der Waals surface area contributed by atoms with Gasteiger partial charge in [-0.25, -0.2) is 0 Å². The van der Waals surface area contributed by atoms with Crippen molar-refractivity contribution in [3.05, 3.63) is 11.8 Å². The van der Waals surface area contributed by atoms with Crippen LogP contribution in [0.4, 0.5) is 19.0 Å². The molecule has 1 aromatic heterocycles. The number of halogens is 4. The maximum atomic E-state index is 12.4. The molecular weight excluding hydrogens is 221 g/mol. The molecule has 0 aliphatic rings. The Morgan fingerprint density at radius 1 is 1.36 bits per heavy atom. The predicted molar refractivity (Wildman–Crippen MR) is 47.2 cm³/mol. The van der Waals surface area contributed by atoms with Crippen molar-refractivity contribution in [1.82, 2.24) is 5.16 Å². The molecule has 2 N–H and O–H groups in total. The van der Waals surface area contributed by atoms with E-state index in [9.17, 15) is 13.2 Å². The zero-order chi connectivity index (χ0) is 10.3. The molecule has 0 aliphatic heterocycles. The largest absolute Gasteiger partial charge is 0.401 e. The highest BCUT2D eigenvalue weighted by Gasteiger charge is 2.51. The number of aromatic nitrogens is 1. The molecular formula is C7H10ClF3N2O. The highest BCUT2D eigenvalue weighted by atomic mass is 35.5. The summed E-state index contributed by atoms with van der Waals surface area (Å²) in [5.74, 6) is -0.329. The first-order valence-electron chi connectivity index (χ1n) is 3.54. The first-order valence-corrected chi connectivity index (χ1v) is 3.54. The summed E-state index contributed by atoms with van der Waals surface area (Å²) < 4.78 is 41.7. The molecule has 0 fully saturated rings. The second-order valence-corrected chi connectivity index (χ2v) is 3.24. The van der Waals surface area contributed by atoms with Gasteiger partial charge in [0.2, 0.25) is 0 Å². The number of hydrogen-bond acceptors (Lipinski definition) is 3. The summed E-state index contributed by atoms with van der Waals surface area (Å²) in [7, 11) is 0. The highest BCUT2D eigenvalue weighted by Crippen LogP contribution is 2.40. The molecule has 0 unspecified atom stereocenters. The monoisotopic (exact) mass is 230 g/mol. The summed E-state index contributed by atoms with van der Waals surface area (Å²) in [6, 6.07) is 1.08. The number of nitrogens with two attached hydrogens (primary N) is 1. The van der Waals surface area contributed by atoms with Gasteiger partial charge < -0.3 is 10.3 Å². The van der Waals surface area contributed by atoms with Crippen LogP contribution in [0.25, 0.3) is 0 Å². The Bertz CT molecular complexity index is 308. The summed E-state index contributed by atoms with van der Waals surface area (Å²) in [6.07, 6.45) is -4.38. The lowest BCUT2D eigenvalue weighted by molar-refractivity contribution is -0.185. The van der Waals surface area contributed by atoms with Crippen molar-refractivity contribution in [2.45, 2.75) is 25.4 Å². The van der Waals surface area contributed by atoms with Crippen LogP contribution in [0, 0.1) is 0 Å². The summed E-state index contributed by atoms with van der Waals surface area (Å²) in [5, 5.41) is 3.20. The van der Waals surface area contributed by atoms with E-state index in [1.165, 1.54) is 0 Å².